The third-order valence-electron chi connectivity index (χ3n) is 4.13. The molecule has 1 unspecified atom stereocenters. The van der Waals surface area contributed by atoms with Gasteiger partial charge in [0.2, 0.25) is 0 Å². The average molecular weight is 303 g/mol. The molecule has 0 heterocycles. The molecule has 0 radical (unpaired) electrons. The predicted molar refractivity (Wildman–Crippen MR) is 74.4 cm³/mol. The van der Waals surface area contributed by atoms with Gasteiger partial charge in [-0.15, -0.1) is 0 Å². The maximum atomic E-state index is 13.4. The molecule has 0 bridgehead atoms. The van der Waals surface area contributed by atoms with E-state index in [1.807, 2.05) is 6.92 Å². The monoisotopic (exact) mass is 303 g/mol. The summed E-state index contributed by atoms with van der Waals surface area (Å²) in [6.45, 7) is 2.76. The van der Waals surface area contributed by atoms with Gasteiger partial charge in [-0.25, -0.2) is 4.39 Å². The van der Waals surface area contributed by atoms with Crippen molar-refractivity contribution in [3.63, 3.8) is 0 Å². The molecule has 0 aliphatic heterocycles. The van der Waals surface area contributed by atoms with Crippen LogP contribution in [0.4, 0.5) is 17.6 Å². The molecule has 2 rings (SSSR count). The number of hydrogen-bond acceptors (Lipinski definition) is 1. The normalized spacial score (nSPS) is 17.6. The topological polar surface area (TPSA) is 12.0 Å². The van der Waals surface area contributed by atoms with E-state index in [0.717, 1.165) is 44.4 Å². The quantitative estimate of drug-likeness (QED) is 0.723. The Morgan fingerprint density at radius 2 is 2.00 bits per heavy atom. The number of alkyl halides is 3. The fourth-order valence-electron chi connectivity index (χ4n) is 2.69. The van der Waals surface area contributed by atoms with E-state index >= 15 is 0 Å². The van der Waals surface area contributed by atoms with E-state index in [2.05, 4.69) is 5.32 Å². The molecule has 1 aromatic rings. The number of nitrogens with one attached hydrogen (secondary N) is 1. The Bertz CT molecular complexity index is 466. The second-order valence-corrected chi connectivity index (χ2v) is 5.78. The fraction of sp³-hybridized carbons (Fsp3) is 0.625. The van der Waals surface area contributed by atoms with Gasteiger partial charge in [-0.1, -0.05) is 32.3 Å². The molecule has 1 aliphatic rings. The van der Waals surface area contributed by atoms with Gasteiger partial charge >= 0.3 is 6.18 Å². The van der Waals surface area contributed by atoms with Crippen LogP contribution in [0.1, 0.15) is 56.2 Å². The Morgan fingerprint density at radius 3 is 2.52 bits per heavy atom. The van der Waals surface area contributed by atoms with Crippen LogP contribution in [-0.2, 0) is 6.18 Å². The number of rotatable bonds is 6. The van der Waals surface area contributed by atoms with Gasteiger partial charge in [-0.3, -0.25) is 0 Å². The van der Waals surface area contributed by atoms with Crippen molar-refractivity contribution >= 4 is 0 Å². The lowest BCUT2D eigenvalue weighted by Crippen LogP contribution is -2.27. The summed E-state index contributed by atoms with van der Waals surface area (Å²) in [5.74, 6) is -0.636. The molecule has 0 amide bonds. The van der Waals surface area contributed by atoms with E-state index in [4.69, 9.17) is 0 Å². The fourth-order valence-corrected chi connectivity index (χ4v) is 2.69. The van der Waals surface area contributed by atoms with Crippen molar-refractivity contribution in [1.29, 1.82) is 0 Å². The SMILES string of the molecule is CCCNC(CC1CCC1)c1ccc(F)c(C(F)(F)F)c1. The van der Waals surface area contributed by atoms with Crippen molar-refractivity contribution in [2.24, 2.45) is 5.92 Å². The zero-order chi connectivity index (χ0) is 15.5. The molecule has 0 spiro atoms. The second kappa shape index (κ2) is 6.77. The molecule has 1 aromatic carbocycles. The summed E-state index contributed by atoms with van der Waals surface area (Å²) >= 11 is 0. The molecule has 1 saturated carbocycles. The Kier molecular flexibility index (Phi) is 5.25. The highest BCUT2D eigenvalue weighted by Gasteiger charge is 2.35. The Morgan fingerprint density at radius 1 is 1.29 bits per heavy atom. The third kappa shape index (κ3) is 4.19. The van der Waals surface area contributed by atoms with Crippen LogP contribution in [0.2, 0.25) is 0 Å². The van der Waals surface area contributed by atoms with Crippen molar-refractivity contribution in [1.82, 2.24) is 5.32 Å². The van der Waals surface area contributed by atoms with Crippen LogP contribution in [0.25, 0.3) is 0 Å². The predicted octanol–water partition coefficient (Wildman–Crippen LogP) is 5.08. The van der Waals surface area contributed by atoms with Gasteiger partial charge in [0, 0.05) is 6.04 Å². The molecule has 1 fully saturated rings. The molecule has 1 nitrogen and oxygen atoms in total. The minimum atomic E-state index is -4.65. The first kappa shape index (κ1) is 16.3. The number of halogens is 4. The van der Waals surface area contributed by atoms with Gasteiger partial charge < -0.3 is 5.32 Å². The minimum absolute atomic E-state index is 0.128. The van der Waals surface area contributed by atoms with Crippen molar-refractivity contribution < 1.29 is 17.6 Å². The van der Waals surface area contributed by atoms with Crippen molar-refractivity contribution in [3.05, 3.63) is 35.1 Å². The molecule has 5 heteroatoms. The Balaban J connectivity index is 2.21. The van der Waals surface area contributed by atoms with Crippen LogP contribution in [0, 0.1) is 11.7 Å². The van der Waals surface area contributed by atoms with Crippen molar-refractivity contribution in [3.8, 4) is 0 Å². The highest BCUT2D eigenvalue weighted by molar-refractivity contribution is 5.29. The lowest BCUT2D eigenvalue weighted by molar-refractivity contribution is -0.140. The molecule has 1 atom stereocenters. The van der Waals surface area contributed by atoms with E-state index in [1.54, 1.807) is 0 Å². The summed E-state index contributed by atoms with van der Waals surface area (Å²) in [6.07, 6.45) is 0.556. The maximum absolute atomic E-state index is 13.4. The summed E-state index contributed by atoms with van der Waals surface area (Å²) in [5, 5.41) is 3.29. The van der Waals surface area contributed by atoms with Gasteiger partial charge in [0.15, 0.2) is 0 Å². The van der Waals surface area contributed by atoms with Crippen LogP contribution in [0.5, 0.6) is 0 Å². The summed E-state index contributed by atoms with van der Waals surface area (Å²) < 4.78 is 51.9. The van der Waals surface area contributed by atoms with Crippen molar-refractivity contribution in [2.45, 2.75) is 51.2 Å². The van der Waals surface area contributed by atoms with E-state index in [-0.39, 0.29) is 6.04 Å². The van der Waals surface area contributed by atoms with Crippen LogP contribution in [0.15, 0.2) is 18.2 Å². The van der Waals surface area contributed by atoms with E-state index < -0.39 is 17.6 Å². The van der Waals surface area contributed by atoms with Gasteiger partial charge in [-0.05, 0) is 43.0 Å². The average Bonchev–Trinajstić information content (AvgIpc) is 2.36. The highest BCUT2D eigenvalue weighted by Crippen LogP contribution is 2.37. The lowest BCUT2D eigenvalue weighted by Gasteiger charge is -2.30. The molecule has 21 heavy (non-hydrogen) atoms. The van der Waals surface area contributed by atoms with Crippen LogP contribution in [0.3, 0.4) is 0 Å². The first-order valence-corrected chi connectivity index (χ1v) is 7.51. The van der Waals surface area contributed by atoms with Crippen LogP contribution < -0.4 is 5.32 Å². The van der Waals surface area contributed by atoms with Gasteiger partial charge in [0.05, 0.1) is 5.56 Å². The first-order valence-electron chi connectivity index (χ1n) is 7.51. The Hall–Kier alpha value is -1.10. The first-order chi connectivity index (χ1) is 9.91. The van der Waals surface area contributed by atoms with Gasteiger partial charge in [-0.2, -0.15) is 13.2 Å². The van der Waals surface area contributed by atoms with E-state index in [9.17, 15) is 17.6 Å². The Labute approximate surface area is 122 Å². The van der Waals surface area contributed by atoms with E-state index in [0.29, 0.717) is 11.5 Å². The maximum Gasteiger partial charge on any atom is 0.419 e. The van der Waals surface area contributed by atoms with Crippen molar-refractivity contribution in [2.75, 3.05) is 6.54 Å². The zero-order valence-corrected chi connectivity index (χ0v) is 12.1. The molecular weight excluding hydrogens is 282 g/mol. The van der Waals surface area contributed by atoms with Gasteiger partial charge in [0.25, 0.3) is 0 Å². The standard InChI is InChI=1S/C16H21F4N/c1-2-8-21-15(9-11-4-3-5-11)12-6-7-14(17)13(10-12)16(18,19)20/h6-7,10-11,15,21H,2-5,8-9H2,1H3. The molecule has 1 aliphatic carbocycles. The lowest BCUT2D eigenvalue weighted by atomic mass is 9.79. The van der Waals surface area contributed by atoms with Crippen LogP contribution in [-0.4, -0.2) is 6.54 Å². The minimum Gasteiger partial charge on any atom is -0.310 e. The molecular formula is C16H21F4N. The van der Waals surface area contributed by atoms with Crippen LogP contribution >= 0.6 is 0 Å². The third-order valence-corrected chi connectivity index (χ3v) is 4.13. The van der Waals surface area contributed by atoms with Gasteiger partial charge in [0.1, 0.15) is 5.82 Å². The smallest absolute Gasteiger partial charge is 0.310 e. The zero-order valence-electron chi connectivity index (χ0n) is 12.1. The summed E-state index contributed by atoms with van der Waals surface area (Å²) in [4.78, 5) is 0. The molecule has 0 saturated heterocycles. The van der Waals surface area contributed by atoms with E-state index in [1.165, 1.54) is 12.5 Å². The molecule has 0 aromatic heterocycles. The second-order valence-electron chi connectivity index (χ2n) is 5.78. The summed E-state index contributed by atoms with van der Waals surface area (Å²) in [7, 11) is 0. The molecule has 118 valence electrons. The molecule has 1 N–H and O–H groups in total. The summed E-state index contributed by atoms with van der Waals surface area (Å²) in [5.41, 5.74) is -0.638. The highest BCUT2D eigenvalue weighted by atomic mass is 19.4. The summed E-state index contributed by atoms with van der Waals surface area (Å²) in [6, 6.07) is 3.23. The largest absolute Gasteiger partial charge is 0.419 e. The number of hydrogen-bond donors (Lipinski definition) is 1. The number of benzene rings is 1.